The van der Waals surface area contributed by atoms with Crippen LogP contribution in [0.2, 0.25) is 5.02 Å². The molecule has 2 amide bonds. The predicted octanol–water partition coefficient (Wildman–Crippen LogP) is 3.93. The van der Waals surface area contributed by atoms with Gasteiger partial charge in [-0.05, 0) is 23.3 Å². The van der Waals surface area contributed by atoms with Gasteiger partial charge in [0.25, 0.3) is 0 Å². The van der Waals surface area contributed by atoms with E-state index in [9.17, 15) is 4.79 Å². The van der Waals surface area contributed by atoms with Crippen LogP contribution in [0.1, 0.15) is 16.7 Å². The zero-order valence-electron chi connectivity index (χ0n) is 14.6. The highest BCUT2D eigenvalue weighted by Gasteiger charge is 2.10. The summed E-state index contributed by atoms with van der Waals surface area (Å²) in [6.45, 7) is 1.65. The molecule has 2 aromatic carbocycles. The van der Waals surface area contributed by atoms with Gasteiger partial charge in [0.2, 0.25) is 0 Å². The minimum Gasteiger partial charge on any atom is -0.334 e. The normalized spacial score (nSPS) is 10.5. The van der Waals surface area contributed by atoms with E-state index in [0.29, 0.717) is 24.7 Å². The highest BCUT2D eigenvalue weighted by Crippen LogP contribution is 2.11. The molecule has 0 spiro atoms. The van der Waals surface area contributed by atoms with Crippen LogP contribution in [-0.4, -0.2) is 27.8 Å². The number of carbonyl (C=O) groups is 1. The monoisotopic (exact) mass is 368 g/mol. The third kappa shape index (κ3) is 5.10. The summed E-state index contributed by atoms with van der Waals surface area (Å²) in [5, 5.41) is 7.93. The lowest BCUT2D eigenvalue weighted by Crippen LogP contribution is -2.36. The molecule has 0 aliphatic carbocycles. The molecule has 0 saturated heterocycles. The number of carbonyl (C=O) groups excluding carboxylic acids is 1. The summed E-state index contributed by atoms with van der Waals surface area (Å²) < 4.78 is 1.88. The Balaban J connectivity index is 1.51. The van der Waals surface area contributed by atoms with Gasteiger partial charge in [0.05, 0.1) is 19.3 Å². The van der Waals surface area contributed by atoms with E-state index in [1.165, 1.54) is 5.56 Å². The van der Waals surface area contributed by atoms with E-state index in [-0.39, 0.29) is 6.03 Å². The van der Waals surface area contributed by atoms with Gasteiger partial charge >= 0.3 is 6.03 Å². The molecule has 0 fully saturated rings. The van der Waals surface area contributed by atoms with E-state index < -0.39 is 0 Å². The Bertz CT molecular complexity index is 863. The van der Waals surface area contributed by atoms with Crippen molar-refractivity contribution in [2.45, 2.75) is 19.6 Å². The number of hydrogen-bond donors (Lipinski definition) is 1. The van der Waals surface area contributed by atoms with Crippen LogP contribution in [0.25, 0.3) is 0 Å². The zero-order valence-corrected chi connectivity index (χ0v) is 15.4. The Hall–Kier alpha value is -2.79. The van der Waals surface area contributed by atoms with Gasteiger partial charge in [0.15, 0.2) is 0 Å². The largest absolute Gasteiger partial charge is 0.334 e. The molecule has 26 heavy (non-hydrogen) atoms. The standard InChI is InChI=1S/C20H21ClN4O/c1-24(20(26)22-11-17-8-5-9-19(21)10-17)13-18-12-23-25(15-18)14-16-6-3-2-4-7-16/h2-10,12,15H,11,13-14H2,1H3,(H,22,26). The molecule has 0 aliphatic rings. The van der Waals surface area contributed by atoms with Gasteiger partial charge in [-0.25, -0.2) is 4.79 Å². The van der Waals surface area contributed by atoms with Crippen molar-refractivity contribution in [1.82, 2.24) is 20.0 Å². The fourth-order valence-electron chi connectivity index (χ4n) is 2.65. The molecule has 6 heteroatoms. The first kappa shape index (κ1) is 18.0. The van der Waals surface area contributed by atoms with Crippen molar-refractivity contribution in [3.05, 3.63) is 88.7 Å². The molecule has 134 valence electrons. The lowest BCUT2D eigenvalue weighted by Gasteiger charge is -2.17. The van der Waals surface area contributed by atoms with Gasteiger partial charge in [0, 0.05) is 30.4 Å². The third-order valence-corrected chi connectivity index (χ3v) is 4.21. The summed E-state index contributed by atoms with van der Waals surface area (Å²) in [6, 6.07) is 17.5. The van der Waals surface area contributed by atoms with Crippen molar-refractivity contribution < 1.29 is 4.79 Å². The molecule has 0 bridgehead atoms. The summed E-state index contributed by atoms with van der Waals surface area (Å²) in [6.07, 6.45) is 3.76. The second kappa shape index (κ2) is 8.54. The lowest BCUT2D eigenvalue weighted by molar-refractivity contribution is 0.206. The van der Waals surface area contributed by atoms with Crippen molar-refractivity contribution in [3.63, 3.8) is 0 Å². The zero-order chi connectivity index (χ0) is 18.4. The summed E-state index contributed by atoms with van der Waals surface area (Å²) in [5.41, 5.74) is 3.14. The molecule has 3 rings (SSSR count). The number of benzene rings is 2. The van der Waals surface area contributed by atoms with Crippen molar-refractivity contribution in [1.29, 1.82) is 0 Å². The second-order valence-corrected chi connectivity index (χ2v) is 6.61. The highest BCUT2D eigenvalue weighted by atomic mass is 35.5. The fraction of sp³-hybridized carbons (Fsp3) is 0.200. The van der Waals surface area contributed by atoms with Crippen LogP contribution in [0, 0.1) is 0 Å². The SMILES string of the molecule is CN(Cc1cnn(Cc2ccccc2)c1)C(=O)NCc1cccc(Cl)c1. The molecule has 0 unspecified atom stereocenters. The number of aromatic nitrogens is 2. The van der Waals surface area contributed by atoms with E-state index in [1.54, 1.807) is 18.1 Å². The Morgan fingerprint density at radius 2 is 1.88 bits per heavy atom. The van der Waals surface area contributed by atoms with E-state index in [1.807, 2.05) is 53.3 Å². The number of nitrogens with zero attached hydrogens (tertiary/aromatic N) is 3. The highest BCUT2D eigenvalue weighted by molar-refractivity contribution is 6.30. The van der Waals surface area contributed by atoms with Crippen molar-refractivity contribution in [2.24, 2.45) is 0 Å². The summed E-state index contributed by atoms with van der Waals surface area (Å²) >= 11 is 5.96. The molecule has 0 aliphatic heterocycles. The van der Waals surface area contributed by atoms with E-state index in [0.717, 1.165) is 11.1 Å². The molecule has 5 nitrogen and oxygen atoms in total. The Labute approximate surface area is 158 Å². The minimum atomic E-state index is -0.138. The van der Waals surface area contributed by atoms with Crippen molar-refractivity contribution >= 4 is 17.6 Å². The number of rotatable bonds is 6. The summed E-state index contributed by atoms with van der Waals surface area (Å²) in [4.78, 5) is 13.9. The van der Waals surface area contributed by atoms with Crippen LogP contribution >= 0.6 is 11.6 Å². The third-order valence-electron chi connectivity index (χ3n) is 3.97. The lowest BCUT2D eigenvalue weighted by atomic mass is 10.2. The maximum atomic E-state index is 12.3. The molecular weight excluding hydrogens is 348 g/mol. The topological polar surface area (TPSA) is 50.2 Å². The molecule has 0 atom stereocenters. The summed E-state index contributed by atoms with van der Waals surface area (Å²) in [7, 11) is 1.77. The number of urea groups is 1. The van der Waals surface area contributed by atoms with Crippen molar-refractivity contribution in [3.8, 4) is 0 Å². The number of amides is 2. The average molecular weight is 369 g/mol. The van der Waals surface area contributed by atoms with Crippen LogP contribution in [0.15, 0.2) is 67.0 Å². The molecule has 0 radical (unpaired) electrons. The predicted molar refractivity (Wildman–Crippen MR) is 103 cm³/mol. The van der Waals surface area contributed by atoms with Gasteiger partial charge in [-0.1, -0.05) is 54.1 Å². The first-order valence-electron chi connectivity index (χ1n) is 8.39. The Morgan fingerprint density at radius 3 is 2.65 bits per heavy atom. The van der Waals surface area contributed by atoms with Gasteiger partial charge in [-0.2, -0.15) is 5.10 Å². The quantitative estimate of drug-likeness (QED) is 0.716. The number of nitrogens with one attached hydrogen (secondary N) is 1. The van der Waals surface area contributed by atoms with Crippen LogP contribution in [-0.2, 0) is 19.6 Å². The molecule has 3 aromatic rings. The fourth-order valence-corrected chi connectivity index (χ4v) is 2.86. The molecule has 1 heterocycles. The van der Waals surface area contributed by atoms with Gasteiger partial charge < -0.3 is 10.2 Å². The van der Waals surface area contributed by atoms with Gasteiger partial charge in [0.1, 0.15) is 0 Å². The summed E-state index contributed by atoms with van der Waals surface area (Å²) in [5.74, 6) is 0. The molecular formula is C20H21ClN4O. The average Bonchev–Trinajstić information content (AvgIpc) is 3.07. The minimum absolute atomic E-state index is 0.138. The molecule has 0 saturated carbocycles. The Morgan fingerprint density at radius 1 is 1.12 bits per heavy atom. The van der Waals surface area contributed by atoms with E-state index in [4.69, 9.17) is 11.6 Å². The molecule has 1 aromatic heterocycles. The first-order chi connectivity index (χ1) is 12.6. The van der Waals surface area contributed by atoms with Crippen LogP contribution < -0.4 is 5.32 Å². The van der Waals surface area contributed by atoms with Crippen LogP contribution in [0.4, 0.5) is 4.79 Å². The van der Waals surface area contributed by atoms with E-state index >= 15 is 0 Å². The molecule has 1 N–H and O–H groups in total. The van der Waals surface area contributed by atoms with E-state index in [2.05, 4.69) is 22.5 Å². The maximum Gasteiger partial charge on any atom is 0.317 e. The van der Waals surface area contributed by atoms with Crippen LogP contribution in [0.3, 0.4) is 0 Å². The van der Waals surface area contributed by atoms with Crippen LogP contribution in [0.5, 0.6) is 0 Å². The number of hydrogen-bond acceptors (Lipinski definition) is 2. The maximum absolute atomic E-state index is 12.3. The number of halogens is 1. The Kier molecular flexibility index (Phi) is 5.92. The second-order valence-electron chi connectivity index (χ2n) is 6.18. The van der Waals surface area contributed by atoms with Gasteiger partial charge in [-0.15, -0.1) is 0 Å². The van der Waals surface area contributed by atoms with Crippen molar-refractivity contribution in [2.75, 3.05) is 7.05 Å². The smallest absolute Gasteiger partial charge is 0.317 e. The first-order valence-corrected chi connectivity index (χ1v) is 8.76. The van der Waals surface area contributed by atoms with Gasteiger partial charge in [-0.3, -0.25) is 4.68 Å².